The molecule has 2 N–H and O–H groups in total. The zero-order chi connectivity index (χ0) is 20.5. The number of nitrogens with one attached hydrogen (secondary N) is 1. The van der Waals surface area contributed by atoms with E-state index in [0.29, 0.717) is 12.1 Å². The monoisotopic (exact) mass is 396 g/mol. The SMILES string of the molecule is CCc1[nH]c(=O)n(-c2cnc(Oc3ccc(C)c(OC(F)(F)F)c3)nc2)c1O. The molecule has 0 amide bonds. The van der Waals surface area contributed by atoms with Gasteiger partial charge in [0.2, 0.25) is 5.88 Å². The molecular weight excluding hydrogens is 381 g/mol. The highest BCUT2D eigenvalue weighted by atomic mass is 19.4. The number of aryl methyl sites for hydroxylation is 2. The Morgan fingerprint density at radius 1 is 1.25 bits per heavy atom. The first-order valence-electron chi connectivity index (χ1n) is 8.07. The number of aromatic nitrogens is 4. The maximum atomic E-state index is 12.4. The van der Waals surface area contributed by atoms with Gasteiger partial charge in [-0.25, -0.2) is 19.3 Å². The van der Waals surface area contributed by atoms with Crippen molar-refractivity contribution >= 4 is 0 Å². The number of alkyl halides is 3. The molecular formula is C17H15F3N4O4. The first-order chi connectivity index (χ1) is 13.2. The van der Waals surface area contributed by atoms with Crippen LogP contribution in [0.15, 0.2) is 35.4 Å². The Hall–Kier alpha value is -3.50. The van der Waals surface area contributed by atoms with Crippen molar-refractivity contribution in [3.63, 3.8) is 0 Å². The third kappa shape index (κ3) is 4.08. The van der Waals surface area contributed by atoms with Gasteiger partial charge in [0.1, 0.15) is 11.5 Å². The van der Waals surface area contributed by atoms with E-state index in [1.165, 1.54) is 31.5 Å². The molecule has 0 aliphatic carbocycles. The number of halogens is 3. The van der Waals surface area contributed by atoms with Gasteiger partial charge in [-0.15, -0.1) is 13.2 Å². The van der Waals surface area contributed by atoms with E-state index >= 15 is 0 Å². The molecule has 148 valence electrons. The van der Waals surface area contributed by atoms with Crippen LogP contribution in [0.5, 0.6) is 23.4 Å². The van der Waals surface area contributed by atoms with Gasteiger partial charge in [-0.3, -0.25) is 0 Å². The van der Waals surface area contributed by atoms with E-state index in [-0.39, 0.29) is 28.9 Å². The fourth-order valence-corrected chi connectivity index (χ4v) is 2.42. The topological polar surface area (TPSA) is 102 Å². The van der Waals surface area contributed by atoms with Crippen LogP contribution in [0.1, 0.15) is 18.2 Å². The number of aromatic hydroxyl groups is 1. The van der Waals surface area contributed by atoms with Crippen LogP contribution in [-0.4, -0.2) is 31.0 Å². The Kier molecular flexibility index (Phi) is 4.99. The number of imidazole rings is 1. The van der Waals surface area contributed by atoms with Crippen LogP contribution in [-0.2, 0) is 6.42 Å². The van der Waals surface area contributed by atoms with E-state index in [2.05, 4.69) is 19.7 Å². The van der Waals surface area contributed by atoms with Crippen molar-refractivity contribution in [1.82, 2.24) is 19.5 Å². The number of hydrogen-bond acceptors (Lipinski definition) is 6. The smallest absolute Gasteiger partial charge is 0.493 e. The number of hydrogen-bond donors (Lipinski definition) is 2. The fourth-order valence-electron chi connectivity index (χ4n) is 2.42. The van der Waals surface area contributed by atoms with Crippen LogP contribution >= 0.6 is 0 Å². The van der Waals surface area contributed by atoms with Crippen molar-refractivity contribution in [3.05, 3.63) is 52.3 Å². The largest absolute Gasteiger partial charge is 0.573 e. The van der Waals surface area contributed by atoms with Crippen molar-refractivity contribution in [2.24, 2.45) is 0 Å². The van der Waals surface area contributed by atoms with Crippen LogP contribution in [0.3, 0.4) is 0 Å². The maximum absolute atomic E-state index is 12.4. The van der Waals surface area contributed by atoms with E-state index in [9.17, 15) is 23.1 Å². The molecule has 2 heterocycles. The summed E-state index contributed by atoms with van der Waals surface area (Å²) in [5, 5.41) is 10.1. The van der Waals surface area contributed by atoms with Gasteiger partial charge >= 0.3 is 18.1 Å². The molecule has 0 aliphatic rings. The van der Waals surface area contributed by atoms with Crippen molar-refractivity contribution in [3.8, 4) is 29.1 Å². The first kappa shape index (κ1) is 19.3. The third-order valence-electron chi connectivity index (χ3n) is 3.76. The zero-order valence-corrected chi connectivity index (χ0v) is 14.7. The Bertz CT molecular complexity index is 1040. The van der Waals surface area contributed by atoms with E-state index in [1.807, 2.05) is 0 Å². The minimum atomic E-state index is -4.83. The summed E-state index contributed by atoms with van der Waals surface area (Å²) in [5.41, 5.74) is 0.270. The average Bonchev–Trinajstić information content (AvgIpc) is 2.91. The van der Waals surface area contributed by atoms with Crippen LogP contribution in [0.4, 0.5) is 13.2 Å². The van der Waals surface area contributed by atoms with Gasteiger partial charge in [-0.2, -0.15) is 0 Å². The normalized spacial score (nSPS) is 11.5. The number of benzene rings is 1. The van der Waals surface area contributed by atoms with Gasteiger partial charge in [0.05, 0.1) is 23.8 Å². The standard InChI is InChI=1S/C17H15F3N4O4/c1-3-12-14(25)24(16(26)23-12)10-7-21-15(22-8-10)27-11-5-4-9(2)13(6-11)28-17(18,19)20/h4-8,25H,3H2,1-2H3,(H,23,26). The van der Waals surface area contributed by atoms with Crippen molar-refractivity contribution in [2.45, 2.75) is 26.6 Å². The maximum Gasteiger partial charge on any atom is 0.573 e. The first-order valence-corrected chi connectivity index (χ1v) is 8.07. The predicted octanol–water partition coefficient (Wildman–Crippen LogP) is 3.22. The van der Waals surface area contributed by atoms with E-state index in [0.717, 1.165) is 10.6 Å². The minimum absolute atomic E-state index is 0.0347. The third-order valence-corrected chi connectivity index (χ3v) is 3.76. The highest BCUT2D eigenvalue weighted by molar-refractivity contribution is 5.41. The lowest BCUT2D eigenvalue weighted by molar-refractivity contribution is -0.274. The van der Waals surface area contributed by atoms with E-state index in [4.69, 9.17) is 4.74 Å². The van der Waals surface area contributed by atoms with Gasteiger partial charge in [0.25, 0.3) is 0 Å². The average molecular weight is 396 g/mol. The van der Waals surface area contributed by atoms with Gasteiger partial charge in [-0.05, 0) is 25.0 Å². The number of H-pyrrole nitrogens is 1. The predicted molar refractivity (Wildman–Crippen MR) is 91.0 cm³/mol. The quantitative estimate of drug-likeness (QED) is 0.687. The summed E-state index contributed by atoms with van der Waals surface area (Å²) < 4.78 is 47.6. The van der Waals surface area contributed by atoms with Gasteiger partial charge in [0.15, 0.2) is 0 Å². The molecule has 8 nitrogen and oxygen atoms in total. The molecule has 28 heavy (non-hydrogen) atoms. The number of nitrogens with zero attached hydrogens (tertiary/aromatic N) is 3. The van der Waals surface area contributed by atoms with E-state index < -0.39 is 17.8 Å². The van der Waals surface area contributed by atoms with E-state index in [1.54, 1.807) is 6.92 Å². The second-order valence-corrected chi connectivity index (χ2v) is 5.72. The molecule has 0 radical (unpaired) electrons. The zero-order valence-electron chi connectivity index (χ0n) is 14.7. The van der Waals surface area contributed by atoms with Crippen molar-refractivity contribution in [2.75, 3.05) is 0 Å². The number of aromatic amines is 1. The second kappa shape index (κ2) is 7.25. The molecule has 0 spiro atoms. The van der Waals surface area contributed by atoms with Gasteiger partial charge in [0, 0.05) is 6.07 Å². The summed E-state index contributed by atoms with van der Waals surface area (Å²) in [6.45, 7) is 3.23. The highest BCUT2D eigenvalue weighted by Crippen LogP contribution is 2.31. The molecule has 0 saturated carbocycles. The lowest BCUT2D eigenvalue weighted by Gasteiger charge is -2.12. The second-order valence-electron chi connectivity index (χ2n) is 5.72. The van der Waals surface area contributed by atoms with Crippen LogP contribution in [0.2, 0.25) is 0 Å². The summed E-state index contributed by atoms with van der Waals surface area (Å²) in [6, 6.07) is 3.74. The molecule has 0 bridgehead atoms. The molecule has 0 unspecified atom stereocenters. The highest BCUT2D eigenvalue weighted by Gasteiger charge is 2.32. The molecule has 0 atom stereocenters. The van der Waals surface area contributed by atoms with Gasteiger partial charge < -0.3 is 19.6 Å². The Morgan fingerprint density at radius 2 is 1.93 bits per heavy atom. The lowest BCUT2D eigenvalue weighted by atomic mass is 10.2. The number of rotatable bonds is 5. The Morgan fingerprint density at radius 3 is 2.50 bits per heavy atom. The molecule has 0 saturated heterocycles. The molecule has 2 aromatic heterocycles. The number of ether oxygens (including phenoxy) is 2. The van der Waals surface area contributed by atoms with Crippen molar-refractivity contribution in [1.29, 1.82) is 0 Å². The molecule has 1 aromatic carbocycles. The van der Waals surface area contributed by atoms with Gasteiger partial charge in [-0.1, -0.05) is 13.0 Å². The Labute approximate surface area is 156 Å². The summed E-state index contributed by atoms with van der Waals surface area (Å²) in [6.07, 6.45) is -1.94. The fraction of sp³-hybridized carbons (Fsp3) is 0.235. The van der Waals surface area contributed by atoms with Crippen molar-refractivity contribution < 1.29 is 27.8 Å². The summed E-state index contributed by atoms with van der Waals surface area (Å²) in [4.78, 5) is 22.3. The summed E-state index contributed by atoms with van der Waals surface area (Å²) >= 11 is 0. The summed E-state index contributed by atoms with van der Waals surface area (Å²) in [7, 11) is 0. The van der Waals surface area contributed by atoms with Crippen LogP contribution in [0.25, 0.3) is 5.69 Å². The lowest BCUT2D eigenvalue weighted by Crippen LogP contribution is -2.17. The molecule has 3 rings (SSSR count). The minimum Gasteiger partial charge on any atom is -0.493 e. The van der Waals surface area contributed by atoms with Crippen LogP contribution in [0, 0.1) is 6.92 Å². The van der Waals surface area contributed by atoms with Crippen LogP contribution < -0.4 is 15.2 Å². The Balaban J connectivity index is 1.83. The molecule has 0 fully saturated rings. The molecule has 11 heteroatoms. The molecule has 0 aliphatic heterocycles. The molecule has 3 aromatic rings. The summed E-state index contributed by atoms with van der Waals surface area (Å²) in [5.74, 6) is -0.623.